The topological polar surface area (TPSA) is 40.2 Å². The lowest BCUT2D eigenvalue weighted by Gasteiger charge is -2.26. The molecule has 0 N–H and O–H groups in total. The van der Waals surface area contributed by atoms with Gasteiger partial charge in [0.15, 0.2) is 23.0 Å². The van der Waals surface area contributed by atoms with Crippen LogP contribution in [0.3, 0.4) is 0 Å². The molecule has 3 aromatic rings. The highest BCUT2D eigenvalue weighted by Gasteiger charge is 2.21. The van der Waals surface area contributed by atoms with Crippen LogP contribution in [0.1, 0.15) is 27.8 Å². The van der Waals surface area contributed by atoms with Gasteiger partial charge in [0.2, 0.25) is 6.79 Å². The number of fused-ring (bicyclic) bond motifs is 3. The van der Waals surface area contributed by atoms with Crippen LogP contribution in [0.2, 0.25) is 0 Å². The number of rotatable bonds is 4. The van der Waals surface area contributed by atoms with Gasteiger partial charge < -0.3 is 18.9 Å². The monoisotopic (exact) mass is 429 g/mol. The van der Waals surface area contributed by atoms with E-state index >= 15 is 0 Å². The molecule has 32 heavy (non-hydrogen) atoms. The zero-order valence-corrected chi connectivity index (χ0v) is 18.5. The van der Waals surface area contributed by atoms with Crippen LogP contribution in [-0.2, 0) is 19.5 Å². The second-order valence-corrected chi connectivity index (χ2v) is 8.05. The molecule has 3 aromatic carbocycles. The molecule has 0 unspecified atom stereocenters. The fourth-order valence-electron chi connectivity index (χ4n) is 4.46. The summed E-state index contributed by atoms with van der Waals surface area (Å²) in [6.45, 7) is 2.83. The molecule has 5 nitrogen and oxygen atoms in total. The fraction of sp³-hybridized carbons (Fsp3) is 0.259. The first-order chi connectivity index (χ1) is 15.7. The molecule has 2 heterocycles. The van der Waals surface area contributed by atoms with Gasteiger partial charge >= 0.3 is 0 Å². The highest BCUT2D eigenvalue weighted by Crippen LogP contribution is 2.38. The number of nitrogens with zero attached hydrogens (tertiary/aromatic N) is 1. The van der Waals surface area contributed by atoms with Crippen LogP contribution in [0.25, 0.3) is 12.2 Å². The molecule has 0 atom stereocenters. The third-order valence-electron chi connectivity index (χ3n) is 6.08. The maximum atomic E-state index is 5.77. The van der Waals surface area contributed by atoms with Crippen LogP contribution < -0.4 is 18.9 Å². The molecule has 164 valence electrons. The lowest BCUT2D eigenvalue weighted by molar-refractivity contribution is 0.174. The normalized spacial score (nSPS) is 15.1. The molecule has 0 saturated heterocycles. The van der Waals surface area contributed by atoms with E-state index in [1.54, 1.807) is 14.2 Å². The van der Waals surface area contributed by atoms with Crippen LogP contribution in [0.15, 0.2) is 54.6 Å². The molecule has 0 amide bonds. The first-order valence-corrected chi connectivity index (χ1v) is 10.9. The number of hydrogen-bond acceptors (Lipinski definition) is 5. The fourth-order valence-corrected chi connectivity index (χ4v) is 4.46. The third-order valence-corrected chi connectivity index (χ3v) is 6.08. The van der Waals surface area contributed by atoms with E-state index in [2.05, 4.69) is 65.6 Å². The Balaban J connectivity index is 1.60. The van der Waals surface area contributed by atoms with Crippen molar-refractivity contribution in [1.29, 1.82) is 0 Å². The number of ether oxygens (including phenoxy) is 4. The summed E-state index contributed by atoms with van der Waals surface area (Å²) in [6, 6.07) is 18.9. The summed E-state index contributed by atoms with van der Waals surface area (Å²) >= 11 is 0. The van der Waals surface area contributed by atoms with Crippen molar-refractivity contribution in [2.45, 2.75) is 19.5 Å². The average molecular weight is 430 g/mol. The van der Waals surface area contributed by atoms with E-state index < -0.39 is 0 Å². The predicted octanol–water partition coefficient (Wildman–Crippen LogP) is 5.16. The summed E-state index contributed by atoms with van der Waals surface area (Å²) in [5, 5.41) is 0. The van der Waals surface area contributed by atoms with E-state index in [4.69, 9.17) is 18.9 Å². The number of hydrogen-bond donors (Lipinski definition) is 0. The summed E-state index contributed by atoms with van der Waals surface area (Å²) < 4.78 is 22.6. The Morgan fingerprint density at radius 2 is 1.66 bits per heavy atom. The summed E-state index contributed by atoms with van der Waals surface area (Å²) in [5.74, 6) is 3.18. The Kier molecular flexibility index (Phi) is 5.73. The van der Waals surface area contributed by atoms with Crippen LogP contribution in [0.5, 0.6) is 23.0 Å². The van der Waals surface area contributed by atoms with Gasteiger partial charge in [-0.3, -0.25) is 4.90 Å². The van der Waals surface area contributed by atoms with E-state index in [1.807, 2.05) is 6.07 Å². The molecular formula is C27H27NO4. The van der Waals surface area contributed by atoms with Crippen molar-refractivity contribution in [2.24, 2.45) is 0 Å². The van der Waals surface area contributed by atoms with Crippen LogP contribution in [0.4, 0.5) is 0 Å². The number of benzene rings is 3. The molecule has 2 aliphatic rings. The van der Waals surface area contributed by atoms with E-state index in [0.717, 1.165) is 65.7 Å². The van der Waals surface area contributed by atoms with E-state index in [1.165, 1.54) is 11.1 Å². The summed E-state index contributed by atoms with van der Waals surface area (Å²) in [7, 11) is 3.39. The van der Waals surface area contributed by atoms with Crippen molar-refractivity contribution in [3.8, 4) is 23.0 Å². The molecule has 0 saturated carbocycles. The third kappa shape index (κ3) is 4.04. The Morgan fingerprint density at radius 3 is 2.44 bits per heavy atom. The maximum Gasteiger partial charge on any atom is 0.231 e. The molecule has 0 aliphatic carbocycles. The number of methoxy groups -OCH3 is 2. The second kappa shape index (κ2) is 8.97. The Bertz CT molecular complexity index is 1140. The van der Waals surface area contributed by atoms with Gasteiger partial charge in [-0.1, -0.05) is 48.6 Å². The van der Waals surface area contributed by atoms with Crippen molar-refractivity contribution >= 4 is 12.2 Å². The first-order valence-electron chi connectivity index (χ1n) is 10.9. The molecule has 0 radical (unpaired) electrons. The van der Waals surface area contributed by atoms with Crippen molar-refractivity contribution < 1.29 is 18.9 Å². The molecule has 0 spiro atoms. The Hall–Kier alpha value is -3.44. The molecule has 0 fully saturated rings. The van der Waals surface area contributed by atoms with Crippen LogP contribution >= 0.6 is 0 Å². The average Bonchev–Trinajstić information content (AvgIpc) is 3.28. The Morgan fingerprint density at radius 1 is 0.875 bits per heavy atom. The van der Waals surface area contributed by atoms with Crippen molar-refractivity contribution in [3.05, 3.63) is 82.4 Å². The summed E-state index contributed by atoms with van der Waals surface area (Å²) in [5.41, 5.74) is 5.94. The van der Waals surface area contributed by atoms with Gasteiger partial charge in [0.25, 0.3) is 0 Å². The van der Waals surface area contributed by atoms with Crippen LogP contribution in [0, 0.1) is 0 Å². The zero-order valence-electron chi connectivity index (χ0n) is 18.5. The van der Waals surface area contributed by atoms with E-state index in [0.29, 0.717) is 0 Å². The van der Waals surface area contributed by atoms with E-state index in [9.17, 15) is 0 Å². The lowest BCUT2D eigenvalue weighted by Crippen LogP contribution is -2.26. The van der Waals surface area contributed by atoms with Crippen molar-refractivity contribution in [3.63, 3.8) is 0 Å². The van der Waals surface area contributed by atoms with Gasteiger partial charge in [0.05, 0.1) is 14.2 Å². The highest BCUT2D eigenvalue weighted by atomic mass is 16.7. The predicted molar refractivity (Wildman–Crippen MR) is 125 cm³/mol. The quantitative estimate of drug-likeness (QED) is 0.573. The van der Waals surface area contributed by atoms with Gasteiger partial charge in [0, 0.05) is 25.2 Å². The molecule has 5 rings (SSSR count). The zero-order chi connectivity index (χ0) is 21.9. The molecular weight excluding hydrogens is 402 g/mol. The first kappa shape index (κ1) is 20.5. The molecule has 0 aromatic heterocycles. The molecule has 5 heteroatoms. The van der Waals surface area contributed by atoms with Gasteiger partial charge in [-0.25, -0.2) is 0 Å². The lowest BCUT2D eigenvalue weighted by atomic mass is 9.97. The minimum atomic E-state index is 0.273. The molecule has 0 bridgehead atoms. The van der Waals surface area contributed by atoms with Crippen molar-refractivity contribution in [2.75, 3.05) is 27.6 Å². The highest BCUT2D eigenvalue weighted by molar-refractivity contribution is 5.76. The second-order valence-electron chi connectivity index (χ2n) is 8.05. The molecule has 2 aliphatic heterocycles. The van der Waals surface area contributed by atoms with Gasteiger partial charge in [-0.2, -0.15) is 0 Å². The minimum absolute atomic E-state index is 0.273. The van der Waals surface area contributed by atoms with Gasteiger partial charge in [0.1, 0.15) is 0 Å². The Labute approximate surface area is 188 Å². The summed E-state index contributed by atoms with van der Waals surface area (Å²) in [4.78, 5) is 2.47. The standard InChI is InChI=1S/C27H27NO4/c1-29-24-11-10-20-8-9-21-14-25-26(32-18-31-25)15-22(21)17-28(13-12-23(20)27(24)30-2)16-19-6-4-3-5-7-19/h3-11,14-15H,12-13,16-18H2,1-2H3. The van der Waals surface area contributed by atoms with E-state index in [-0.39, 0.29) is 6.79 Å². The summed E-state index contributed by atoms with van der Waals surface area (Å²) in [6.07, 6.45) is 5.17. The van der Waals surface area contributed by atoms with Crippen molar-refractivity contribution in [1.82, 2.24) is 4.90 Å². The van der Waals surface area contributed by atoms with Gasteiger partial charge in [-0.05, 0) is 46.9 Å². The smallest absolute Gasteiger partial charge is 0.231 e. The maximum absolute atomic E-state index is 5.77. The minimum Gasteiger partial charge on any atom is -0.493 e. The van der Waals surface area contributed by atoms with Gasteiger partial charge in [-0.15, -0.1) is 0 Å². The largest absolute Gasteiger partial charge is 0.493 e. The SMILES string of the molecule is COc1ccc2c(c1OC)CCN(Cc1ccccc1)Cc1cc3c(cc1C=C2)OCO3. The van der Waals surface area contributed by atoms with Crippen LogP contribution in [-0.4, -0.2) is 32.5 Å².